The average Bonchev–Trinajstić information content (AvgIpc) is 2.44. The fourth-order valence-corrected chi connectivity index (χ4v) is 6.49. The molecule has 114 valence electrons. The second-order valence-electron chi connectivity index (χ2n) is 8.34. The molecule has 5 rings (SSSR count). The van der Waals surface area contributed by atoms with E-state index in [4.69, 9.17) is 10.6 Å². The lowest BCUT2D eigenvalue weighted by molar-refractivity contribution is -0.0683. The predicted octanol–water partition coefficient (Wildman–Crippen LogP) is 2.85. The summed E-state index contributed by atoms with van der Waals surface area (Å²) in [5.41, 5.74) is 3.83. The van der Waals surface area contributed by atoms with Gasteiger partial charge in [-0.1, -0.05) is 0 Å². The zero-order valence-corrected chi connectivity index (χ0v) is 12.7. The maximum Gasteiger partial charge on any atom is 0.0469 e. The van der Waals surface area contributed by atoms with Gasteiger partial charge >= 0.3 is 0 Å². The van der Waals surface area contributed by atoms with Crippen molar-refractivity contribution >= 4 is 0 Å². The van der Waals surface area contributed by atoms with Gasteiger partial charge in [0, 0.05) is 19.3 Å². The minimum atomic E-state index is 0.523. The van der Waals surface area contributed by atoms with E-state index in [1.807, 2.05) is 0 Å². The van der Waals surface area contributed by atoms with E-state index in [0.29, 0.717) is 11.5 Å². The Kier molecular flexibility index (Phi) is 3.56. The van der Waals surface area contributed by atoms with E-state index < -0.39 is 0 Å². The summed E-state index contributed by atoms with van der Waals surface area (Å²) in [4.78, 5) is 0. The third kappa shape index (κ3) is 2.42. The Morgan fingerprint density at radius 3 is 2.05 bits per heavy atom. The summed E-state index contributed by atoms with van der Waals surface area (Å²) in [6, 6.07) is 0.523. The summed E-state index contributed by atoms with van der Waals surface area (Å²) in [5.74, 6) is 9.83. The number of nitrogens with one attached hydrogen (secondary N) is 1. The number of rotatable bonds is 4. The molecule has 3 heteroatoms. The van der Waals surface area contributed by atoms with Crippen LogP contribution < -0.4 is 11.3 Å². The van der Waals surface area contributed by atoms with E-state index in [1.54, 1.807) is 0 Å². The number of ether oxygens (including phenoxy) is 1. The zero-order valence-electron chi connectivity index (χ0n) is 12.7. The molecule has 1 aliphatic heterocycles. The number of nitrogens with two attached hydrogens (primary N) is 1. The van der Waals surface area contributed by atoms with E-state index >= 15 is 0 Å². The fraction of sp³-hybridized carbons (Fsp3) is 1.00. The molecule has 3 N–H and O–H groups in total. The van der Waals surface area contributed by atoms with Gasteiger partial charge in [0.15, 0.2) is 0 Å². The summed E-state index contributed by atoms with van der Waals surface area (Å²) in [6.45, 7) is 1.87. The molecule has 1 unspecified atom stereocenters. The molecule has 4 aliphatic carbocycles. The first-order valence-corrected chi connectivity index (χ1v) is 8.80. The molecule has 4 bridgehead atoms. The standard InChI is InChI=1S/C17H30N2O/c18-19-16(15-1-3-20-4-2-15)11-17-8-12-5-13(9-17)7-14(6-12)10-17/h12-16,19H,1-11,18H2. The highest BCUT2D eigenvalue weighted by molar-refractivity contribution is 5.03. The van der Waals surface area contributed by atoms with Crippen LogP contribution in [0.2, 0.25) is 0 Å². The fourth-order valence-electron chi connectivity index (χ4n) is 6.49. The molecule has 20 heavy (non-hydrogen) atoms. The van der Waals surface area contributed by atoms with Gasteiger partial charge in [-0.2, -0.15) is 0 Å². The Hall–Kier alpha value is -0.120. The van der Waals surface area contributed by atoms with Gasteiger partial charge in [-0.15, -0.1) is 0 Å². The van der Waals surface area contributed by atoms with Gasteiger partial charge in [0.2, 0.25) is 0 Å². The van der Waals surface area contributed by atoms with Gasteiger partial charge in [-0.25, -0.2) is 0 Å². The van der Waals surface area contributed by atoms with E-state index in [2.05, 4.69) is 5.43 Å². The third-order valence-electron chi connectivity index (χ3n) is 6.87. The molecule has 0 spiro atoms. The van der Waals surface area contributed by atoms with Crippen molar-refractivity contribution in [3.05, 3.63) is 0 Å². The van der Waals surface area contributed by atoms with Crippen LogP contribution >= 0.6 is 0 Å². The predicted molar refractivity (Wildman–Crippen MR) is 79.9 cm³/mol. The largest absolute Gasteiger partial charge is 0.381 e. The van der Waals surface area contributed by atoms with Crippen LogP contribution in [-0.4, -0.2) is 19.3 Å². The molecule has 0 radical (unpaired) electrons. The molecular weight excluding hydrogens is 248 g/mol. The van der Waals surface area contributed by atoms with Gasteiger partial charge < -0.3 is 4.74 Å². The minimum absolute atomic E-state index is 0.523. The van der Waals surface area contributed by atoms with Crippen molar-refractivity contribution < 1.29 is 4.74 Å². The molecular formula is C17H30N2O. The van der Waals surface area contributed by atoms with Crippen molar-refractivity contribution in [1.82, 2.24) is 5.43 Å². The molecule has 5 aliphatic rings. The summed E-state index contributed by atoms with van der Waals surface area (Å²) < 4.78 is 5.52. The quantitative estimate of drug-likeness (QED) is 0.614. The first-order valence-electron chi connectivity index (χ1n) is 8.80. The number of hydrazine groups is 1. The molecule has 0 aromatic rings. The highest BCUT2D eigenvalue weighted by Gasteiger charge is 2.51. The van der Waals surface area contributed by atoms with Crippen LogP contribution in [-0.2, 0) is 4.74 Å². The molecule has 1 atom stereocenters. The zero-order chi connectivity index (χ0) is 13.6. The Morgan fingerprint density at radius 2 is 1.55 bits per heavy atom. The number of hydrogen-bond acceptors (Lipinski definition) is 3. The molecule has 3 nitrogen and oxygen atoms in total. The highest BCUT2D eigenvalue weighted by atomic mass is 16.5. The monoisotopic (exact) mass is 278 g/mol. The molecule has 4 saturated carbocycles. The van der Waals surface area contributed by atoms with Crippen molar-refractivity contribution in [3.63, 3.8) is 0 Å². The topological polar surface area (TPSA) is 47.3 Å². The van der Waals surface area contributed by atoms with E-state index in [9.17, 15) is 0 Å². The summed E-state index contributed by atoms with van der Waals surface area (Å²) in [7, 11) is 0. The van der Waals surface area contributed by atoms with Crippen LogP contribution in [0.4, 0.5) is 0 Å². The summed E-state index contributed by atoms with van der Waals surface area (Å²) >= 11 is 0. The lowest BCUT2D eigenvalue weighted by atomic mass is 9.48. The molecule has 5 fully saturated rings. The van der Waals surface area contributed by atoms with Gasteiger partial charge in [0.25, 0.3) is 0 Å². The highest BCUT2D eigenvalue weighted by Crippen LogP contribution is 2.61. The van der Waals surface area contributed by atoms with Crippen LogP contribution in [0.1, 0.15) is 57.8 Å². The smallest absolute Gasteiger partial charge is 0.0469 e. The lowest BCUT2D eigenvalue weighted by Gasteiger charge is -2.58. The minimum Gasteiger partial charge on any atom is -0.381 e. The SMILES string of the molecule is NNC(CC12CC3CC(CC(C3)C1)C2)C1CCOCC1. The molecule has 0 aromatic heterocycles. The first-order chi connectivity index (χ1) is 9.76. The van der Waals surface area contributed by atoms with E-state index in [0.717, 1.165) is 36.9 Å². The normalized spacial score (nSPS) is 45.8. The van der Waals surface area contributed by atoms with Gasteiger partial charge in [-0.05, 0) is 86.9 Å². The molecule has 0 aromatic carbocycles. The molecule has 1 saturated heterocycles. The van der Waals surface area contributed by atoms with Crippen molar-refractivity contribution in [2.24, 2.45) is 34.9 Å². The van der Waals surface area contributed by atoms with E-state index in [1.165, 1.54) is 57.8 Å². The Morgan fingerprint density at radius 1 is 1.00 bits per heavy atom. The Balaban J connectivity index is 1.46. The van der Waals surface area contributed by atoms with Crippen molar-refractivity contribution in [3.8, 4) is 0 Å². The maximum absolute atomic E-state index is 5.94. The van der Waals surface area contributed by atoms with Crippen LogP contribution in [0.15, 0.2) is 0 Å². The average molecular weight is 278 g/mol. The summed E-state index contributed by atoms with van der Waals surface area (Å²) in [5, 5.41) is 0. The second-order valence-corrected chi connectivity index (χ2v) is 8.34. The molecule has 1 heterocycles. The van der Waals surface area contributed by atoms with Crippen LogP contribution in [0, 0.1) is 29.1 Å². The third-order valence-corrected chi connectivity index (χ3v) is 6.87. The van der Waals surface area contributed by atoms with Gasteiger partial charge in [0.05, 0.1) is 0 Å². The van der Waals surface area contributed by atoms with Crippen molar-refractivity contribution in [1.29, 1.82) is 0 Å². The Labute approximate surface area is 123 Å². The molecule has 0 amide bonds. The number of hydrogen-bond donors (Lipinski definition) is 2. The van der Waals surface area contributed by atoms with Gasteiger partial charge in [-0.3, -0.25) is 11.3 Å². The van der Waals surface area contributed by atoms with Crippen LogP contribution in [0.25, 0.3) is 0 Å². The summed E-state index contributed by atoms with van der Waals surface area (Å²) in [6.07, 6.45) is 12.8. The second kappa shape index (κ2) is 5.26. The lowest BCUT2D eigenvalue weighted by Crippen LogP contribution is -2.52. The Bertz CT molecular complexity index is 316. The van der Waals surface area contributed by atoms with Gasteiger partial charge in [0.1, 0.15) is 0 Å². The van der Waals surface area contributed by atoms with Crippen LogP contribution in [0.3, 0.4) is 0 Å². The van der Waals surface area contributed by atoms with Crippen molar-refractivity contribution in [2.75, 3.05) is 13.2 Å². The first kappa shape index (κ1) is 13.5. The van der Waals surface area contributed by atoms with E-state index in [-0.39, 0.29) is 0 Å². The maximum atomic E-state index is 5.94. The van der Waals surface area contributed by atoms with Crippen molar-refractivity contribution in [2.45, 2.75) is 63.8 Å². The van der Waals surface area contributed by atoms with Crippen LogP contribution in [0.5, 0.6) is 0 Å².